The Hall–Kier alpha value is -1.30. The summed E-state index contributed by atoms with van der Waals surface area (Å²) in [4.78, 5) is 0. The molecule has 0 saturated carbocycles. The topological polar surface area (TPSA) is 40.5 Å². The van der Waals surface area contributed by atoms with E-state index in [2.05, 4.69) is 11.8 Å². The maximum Gasteiger partial charge on any atom is 0.217 e. The molecule has 0 bridgehead atoms. The van der Waals surface area contributed by atoms with E-state index in [1.54, 1.807) is 0 Å². The number of hydrogen-bond acceptors (Lipinski definition) is 2. The van der Waals surface area contributed by atoms with Crippen molar-refractivity contribution in [2.75, 3.05) is 0 Å². The van der Waals surface area contributed by atoms with Gasteiger partial charge in [-0.15, -0.1) is 0 Å². The Morgan fingerprint density at radius 3 is 2.08 bits per heavy atom. The molecule has 0 amide bonds. The van der Waals surface area contributed by atoms with Gasteiger partial charge in [-0.1, -0.05) is 12.0 Å². The van der Waals surface area contributed by atoms with Gasteiger partial charge < -0.3 is 10.2 Å². The molecule has 13 heavy (non-hydrogen) atoms. The van der Waals surface area contributed by atoms with Gasteiger partial charge >= 0.3 is 0 Å². The zero-order valence-electron chi connectivity index (χ0n) is 7.70. The van der Waals surface area contributed by atoms with E-state index in [0.29, 0.717) is 0 Å². The number of hydrogen-bond donors (Lipinski definition) is 2. The van der Waals surface area contributed by atoms with Crippen LogP contribution in [0.25, 0.3) is 0 Å². The molecule has 2 nitrogen and oxygen atoms in total. The van der Waals surface area contributed by atoms with E-state index in [9.17, 15) is 0 Å². The highest BCUT2D eigenvalue weighted by atomic mass is 16.5. The second-order valence-electron chi connectivity index (χ2n) is 3.02. The van der Waals surface area contributed by atoms with Crippen LogP contribution in [0.15, 0.2) is 18.2 Å². The molecule has 0 aliphatic carbocycles. The van der Waals surface area contributed by atoms with Gasteiger partial charge in [-0.05, 0) is 43.0 Å². The molecule has 2 heteroatoms. The highest BCUT2D eigenvalue weighted by Crippen LogP contribution is 2.07. The van der Waals surface area contributed by atoms with Gasteiger partial charge in [-0.3, -0.25) is 0 Å². The van der Waals surface area contributed by atoms with Gasteiger partial charge in [0.1, 0.15) is 0 Å². The molecule has 1 aromatic rings. The molecule has 1 aromatic carbocycles. The summed E-state index contributed by atoms with van der Waals surface area (Å²) in [5.74, 6) is 4.95. The maximum atomic E-state index is 8.53. The van der Waals surface area contributed by atoms with Crippen molar-refractivity contribution in [3.63, 3.8) is 0 Å². The van der Waals surface area contributed by atoms with Crippen LogP contribution in [-0.2, 0) is 0 Å². The molecule has 0 radical (unpaired) electrons. The fourth-order valence-corrected chi connectivity index (χ4v) is 1.19. The minimum atomic E-state index is -1.55. The van der Waals surface area contributed by atoms with Crippen molar-refractivity contribution in [2.24, 2.45) is 0 Å². The molecule has 0 saturated heterocycles. The highest BCUT2D eigenvalue weighted by molar-refractivity contribution is 5.40. The molecule has 2 N–H and O–H groups in total. The lowest BCUT2D eigenvalue weighted by molar-refractivity contribution is 0.0108. The standard InChI is InChI=1S/C11H12O2/c1-8-5-9(2)7-10(6-8)3-4-11(12)13/h5-7,11-13H,1-2H3. The highest BCUT2D eigenvalue weighted by Gasteiger charge is 1.92. The molecule has 68 valence electrons. The van der Waals surface area contributed by atoms with Crippen LogP contribution in [-0.4, -0.2) is 16.5 Å². The van der Waals surface area contributed by atoms with Gasteiger partial charge in [0.25, 0.3) is 0 Å². The first-order chi connectivity index (χ1) is 6.08. The predicted octanol–water partition coefficient (Wildman–Crippen LogP) is 0.966. The summed E-state index contributed by atoms with van der Waals surface area (Å²) < 4.78 is 0. The molecule has 0 atom stereocenters. The third kappa shape index (κ3) is 3.29. The second kappa shape index (κ2) is 4.08. The average molecular weight is 176 g/mol. The minimum absolute atomic E-state index is 0.811. The van der Waals surface area contributed by atoms with Crippen molar-refractivity contribution >= 4 is 0 Å². The van der Waals surface area contributed by atoms with Crippen molar-refractivity contribution < 1.29 is 10.2 Å². The Labute approximate surface area is 77.8 Å². The molecule has 0 fully saturated rings. The van der Waals surface area contributed by atoms with E-state index in [4.69, 9.17) is 10.2 Å². The van der Waals surface area contributed by atoms with Crippen molar-refractivity contribution in [1.29, 1.82) is 0 Å². The van der Waals surface area contributed by atoms with E-state index >= 15 is 0 Å². The average Bonchev–Trinajstić information content (AvgIpc) is 1.99. The van der Waals surface area contributed by atoms with Gasteiger partial charge in [0.2, 0.25) is 6.29 Å². The summed E-state index contributed by atoms with van der Waals surface area (Å²) in [5.41, 5.74) is 3.05. The molecule has 0 heterocycles. The Kier molecular flexibility index (Phi) is 3.07. The first-order valence-electron chi connectivity index (χ1n) is 4.04. The molecule has 0 spiro atoms. The molecule has 0 aliphatic heterocycles. The van der Waals surface area contributed by atoms with Crippen LogP contribution >= 0.6 is 0 Å². The van der Waals surface area contributed by atoms with E-state index < -0.39 is 6.29 Å². The predicted molar refractivity (Wildman–Crippen MR) is 51.0 cm³/mol. The maximum absolute atomic E-state index is 8.53. The van der Waals surface area contributed by atoms with Crippen LogP contribution < -0.4 is 0 Å². The quantitative estimate of drug-likeness (QED) is 0.456. The van der Waals surface area contributed by atoms with Gasteiger partial charge in [0, 0.05) is 5.56 Å². The molecule has 0 unspecified atom stereocenters. The lowest BCUT2D eigenvalue weighted by atomic mass is 10.1. The van der Waals surface area contributed by atoms with Gasteiger partial charge in [0.15, 0.2) is 0 Å². The summed E-state index contributed by atoms with van der Waals surface area (Å²) >= 11 is 0. The second-order valence-corrected chi connectivity index (χ2v) is 3.02. The molecule has 0 aliphatic rings. The van der Waals surface area contributed by atoms with Crippen molar-refractivity contribution in [3.8, 4) is 11.8 Å². The zero-order valence-corrected chi connectivity index (χ0v) is 7.70. The minimum Gasteiger partial charge on any atom is -0.358 e. The number of aryl methyl sites for hydroxylation is 2. The van der Waals surface area contributed by atoms with Crippen LogP contribution in [0.1, 0.15) is 16.7 Å². The van der Waals surface area contributed by atoms with Crippen LogP contribution in [0.2, 0.25) is 0 Å². The number of rotatable bonds is 0. The largest absolute Gasteiger partial charge is 0.358 e. The first-order valence-corrected chi connectivity index (χ1v) is 4.04. The number of aliphatic hydroxyl groups is 2. The molecular weight excluding hydrogens is 164 g/mol. The van der Waals surface area contributed by atoms with E-state index in [0.717, 1.165) is 16.7 Å². The molecule has 0 aromatic heterocycles. The van der Waals surface area contributed by atoms with Gasteiger partial charge in [-0.25, -0.2) is 0 Å². The molecule has 1 rings (SSSR count). The van der Waals surface area contributed by atoms with E-state index in [-0.39, 0.29) is 0 Å². The summed E-state index contributed by atoms with van der Waals surface area (Å²) in [6.07, 6.45) is -1.55. The van der Waals surface area contributed by atoms with E-state index in [1.165, 1.54) is 0 Å². The van der Waals surface area contributed by atoms with Crippen LogP contribution in [0.5, 0.6) is 0 Å². The Bertz CT molecular complexity index is 336. The monoisotopic (exact) mass is 176 g/mol. The Balaban J connectivity index is 2.98. The summed E-state index contributed by atoms with van der Waals surface area (Å²) in [5, 5.41) is 17.1. The van der Waals surface area contributed by atoms with Gasteiger partial charge in [0.05, 0.1) is 0 Å². The Morgan fingerprint density at radius 1 is 1.08 bits per heavy atom. The van der Waals surface area contributed by atoms with Crippen molar-refractivity contribution in [2.45, 2.75) is 20.1 Å². The fraction of sp³-hybridized carbons (Fsp3) is 0.273. The van der Waals surface area contributed by atoms with Crippen LogP contribution in [0.4, 0.5) is 0 Å². The third-order valence-corrected chi connectivity index (χ3v) is 1.57. The lowest BCUT2D eigenvalue weighted by Crippen LogP contribution is -1.98. The molecular formula is C11H12O2. The van der Waals surface area contributed by atoms with Crippen LogP contribution in [0, 0.1) is 25.7 Å². The number of benzene rings is 1. The van der Waals surface area contributed by atoms with Crippen LogP contribution in [0.3, 0.4) is 0 Å². The Morgan fingerprint density at radius 2 is 1.62 bits per heavy atom. The lowest BCUT2D eigenvalue weighted by Gasteiger charge is -1.97. The zero-order chi connectivity index (χ0) is 9.84. The third-order valence-electron chi connectivity index (χ3n) is 1.57. The summed E-state index contributed by atoms with van der Waals surface area (Å²) in [7, 11) is 0. The normalized spacial score (nSPS) is 9.62. The van der Waals surface area contributed by atoms with Gasteiger partial charge in [-0.2, -0.15) is 0 Å². The smallest absolute Gasteiger partial charge is 0.217 e. The summed E-state index contributed by atoms with van der Waals surface area (Å²) in [6.45, 7) is 3.96. The fourth-order valence-electron chi connectivity index (χ4n) is 1.19. The first kappa shape index (κ1) is 9.79. The van der Waals surface area contributed by atoms with Crippen molar-refractivity contribution in [3.05, 3.63) is 34.9 Å². The number of aliphatic hydroxyl groups excluding tert-OH is 1. The summed E-state index contributed by atoms with van der Waals surface area (Å²) in [6, 6.07) is 5.85. The van der Waals surface area contributed by atoms with Crippen molar-refractivity contribution in [1.82, 2.24) is 0 Å². The van der Waals surface area contributed by atoms with E-state index in [1.807, 2.05) is 32.0 Å². The SMILES string of the molecule is Cc1cc(C)cc(C#CC(O)O)c1.